The Morgan fingerprint density at radius 2 is 1.73 bits per heavy atom. The quantitative estimate of drug-likeness (QED) is 0.383. The van der Waals surface area contributed by atoms with Crippen LogP contribution in [0.25, 0.3) is 0 Å². The molecule has 0 radical (unpaired) electrons. The van der Waals surface area contributed by atoms with Crippen LogP contribution < -0.4 is 9.62 Å². The van der Waals surface area contributed by atoms with Crippen LogP contribution in [0.4, 0.5) is 11.4 Å². The molecule has 1 aliphatic heterocycles. The number of nitrogens with one attached hydrogen (secondary N) is 1. The molecule has 0 bridgehead atoms. The van der Waals surface area contributed by atoms with Gasteiger partial charge < -0.3 is 4.90 Å². The normalized spacial score (nSPS) is 15.9. The first kappa shape index (κ1) is 25.4. The molecule has 0 saturated carbocycles. The molecular formula is C24H33N3O4S2. The molecule has 1 N–H and O–H groups in total. The molecule has 33 heavy (non-hydrogen) atoms. The largest absolute Gasteiger partial charge is 0.369 e. The number of nitrogens with zero attached hydrogens (tertiary/aromatic N) is 2. The molecular weight excluding hydrogens is 458 g/mol. The van der Waals surface area contributed by atoms with Crippen molar-refractivity contribution in [1.29, 1.82) is 0 Å². The summed E-state index contributed by atoms with van der Waals surface area (Å²) in [6.45, 7) is 6.53. The Morgan fingerprint density at radius 3 is 2.36 bits per heavy atom. The molecule has 0 amide bonds. The van der Waals surface area contributed by atoms with Gasteiger partial charge >= 0.3 is 0 Å². The summed E-state index contributed by atoms with van der Waals surface area (Å²) in [6, 6.07) is 15.2. The lowest BCUT2D eigenvalue weighted by atomic mass is 10.0. The molecule has 3 rings (SSSR count). The average Bonchev–Trinajstić information content (AvgIpc) is 2.82. The summed E-state index contributed by atoms with van der Waals surface area (Å²) in [7, 11) is -4.90. The Balaban J connectivity index is 1.47. The van der Waals surface area contributed by atoms with Crippen molar-refractivity contribution >= 4 is 38.0 Å². The van der Waals surface area contributed by atoms with E-state index in [2.05, 4.69) is 38.8 Å². The second-order valence-corrected chi connectivity index (χ2v) is 11.6. The number of carbonyl (C=O) groups is 1. The second-order valence-electron chi connectivity index (χ2n) is 8.22. The fourth-order valence-electron chi connectivity index (χ4n) is 3.91. The van der Waals surface area contributed by atoms with Gasteiger partial charge in [0, 0.05) is 50.1 Å². The van der Waals surface area contributed by atoms with Gasteiger partial charge in [0.25, 0.3) is 0 Å². The first-order valence-corrected chi connectivity index (χ1v) is 14.5. The van der Waals surface area contributed by atoms with E-state index in [1.807, 2.05) is 6.07 Å². The Kier molecular flexibility index (Phi) is 9.05. The van der Waals surface area contributed by atoms with Gasteiger partial charge in [-0.25, -0.2) is 8.42 Å². The number of hydrogen-bond donors (Lipinski definition) is 1. The van der Waals surface area contributed by atoms with Gasteiger partial charge in [0.05, 0.1) is 27.1 Å². The number of para-hydroxylation sites is 1. The molecule has 1 unspecified atom stereocenters. The molecule has 180 valence electrons. The molecule has 0 aromatic heterocycles. The number of carbonyl (C=O) groups excluding carboxylic acids is 1. The van der Waals surface area contributed by atoms with Crippen molar-refractivity contribution in [3.8, 4) is 0 Å². The highest BCUT2D eigenvalue weighted by Gasteiger charge is 2.18. The molecule has 2 aromatic carbocycles. The van der Waals surface area contributed by atoms with Crippen molar-refractivity contribution in [1.82, 2.24) is 4.90 Å². The third kappa shape index (κ3) is 7.38. The highest BCUT2D eigenvalue weighted by Crippen LogP contribution is 2.23. The number of unbranched alkanes of at least 4 members (excludes halogenated alkanes) is 1. The van der Waals surface area contributed by atoms with E-state index >= 15 is 0 Å². The molecule has 1 fully saturated rings. The Hall–Kier alpha value is -2.23. The van der Waals surface area contributed by atoms with E-state index in [1.165, 1.54) is 24.9 Å². The average molecular weight is 492 g/mol. The SMILES string of the molecule is CCS(=O)(=O)Nc1cc(C(=O)CCCCN2CCN(c3ccccc3)CC2)ccc1S(C)=O. The Bertz CT molecular complexity index is 1070. The molecule has 1 aliphatic rings. The summed E-state index contributed by atoms with van der Waals surface area (Å²) < 4.78 is 38.4. The molecule has 0 aliphatic carbocycles. The topological polar surface area (TPSA) is 86.8 Å². The number of Topliss-reactive ketones (excluding diaryl/α,β-unsaturated/α-hetero) is 1. The van der Waals surface area contributed by atoms with Crippen LogP contribution in [0, 0.1) is 0 Å². The molecule has 1 saturated heterocycles. The van der Waals surface area contributed by atoms with Crippen molar-refractivity contribution in [3.63, 3.8) is 0 Å². The summed E-state index contributed by atoms with van der Waals surface area (Å²) >= 11 is 0. The number of benzene rings is 2. The maximum atomic E-state index is 12.7. The minimum Gasteiger partial charge on any atom is -0.369 e. The third-order valence-corrected chi connectivity index (χ3v) is 8.14. The van der Waals surface area contributed by atoms with Gasteiger partial charge in [0.2, 0.25) is 10.0 Å². The summed E-state index contributed by atoms with van der Waals surface area (Å²) in [5, 5.41) is 0. The van der Waals surface area contributed by atoms with Crippen LogP contribution in [0.3, 0.4) is 0 Å². The van der Waals surface area contributed by atoms with E-state index in [0.29, 0.717) is 16.9 Å². The minimum atomic E-state index is -3.53. The van der Waals surface area contributed by atoms with E-state index in [-0.39, 0.29) is 17.2 Å². The van der Waals surface area contributed by atoms with Crippen LogP contribution in [0.1, 0.15) is 36.5 Å². The zero-order valence-electron chi connectivity index (χ0n) is 19.3. The van der Waals surface area contributed by atoms with E-state index in [9.17, 15) is 17.4 Å². The highest BCUT2D eigenvalue weighted by atomic mass is 32.2. The minimum absolute atomic E-state index is 0.0331. The molecule has 1 heterocycles. The first-order chi connectivity index (χ1) is 15.8. The van der Waals surface area contributed by atoms with Gasteiger partial charge in [-0.15, -0.1) is 0 Å². The lowest BCUT2D eigenvalue weighted by molar-refractivity contribution is 0.0977. The zero-order valence-corrected chi connectivity index (χ0v) is 21.0. The van der Waals surface area contributed by atoms with Crippen LogP contribution in [-0.4, -0.2) is 68.0 Å². The molecule has 1 atom stereocenters. The van der Waals surface area contributed by atoms with Crippen molar-refractivity contribution in [3.05, 3.63) is 54.1 Å². The van der Waals surface area contributed by atoms with Gasteiger partial charge in [0.1, 0.15) is 0 Å². The predicted molar refractivity (Wildman–Crippen MR) is 135 cm³/mol. The van der Waals surface area contributed by atoms with E-state index in [1.54, 1.807) is 12.1 Å². The summed E-state index contributed by atoms with van der Waals surface area (Å²) in [6.07, 6.45) is 3.59. The smallest absolute Gasteiger partial charge is 0.232 e. The third-order valence-electron chi connectivity index (χ3n) is 5.88. The maximum absolute atomic E-state index is 12.7. The lowest BCUT2D eigenvalue weighted by Crippen LogP contribution is -2.46. The van der Waals surface area contributed by atoms with Gasteiger partial charge in [0.15, 0.2) is 5.78 Å². The van der Waals surface area contributed by atoms with Crippen LogP contribution in [0.5, 0.6) is 0 Å². The Morgan fingerprint density at radius 1 is 1.03 bits per heavy atom. The van der Waals surface area contributed by atoms with Gasteiger partial charge in [-0.1, -0.05) is 24.3 Å². The molecule has 7 nitrogen and oxygen atoms in total. The summed E-state index contributed by atoms with van der Waals surface area (Å²) in [5.74, 6) is -0.130. The second kappa shape index (κ2) is 11.8. The molecule has 0 spiro atoms. The van der Waals surface area contributed by atoms with Gasteiger partial charge in [-0.05, 0) is 50.6 Å². The number of hydrogen-bond acceptors (Lipinski definition) is 6. The van der Waals surface area contributed by atoms with Crippen molar-refractivity contribution < 1.29 is 17.4 Å². The van der Waals surface area contributed by atoms with E-state index < -0.39 is 20.8 Å². The van der Waals surface area contributed by atoms with Crippen LogP contribution in [0.2, 0.25) is 0 Å². The monoisotopic (exact) mass is 491 g/mol. The maximum Gasteiger partial charge on any atom is 0.232 e. The lowest BCUT2D eigenvalue weighted by Gasteiger charge is -2.36. The molecule has 2 aromatic rings. The number of piperazine rings is 1. The van der Waals surface area contributed by atoms with Gasteiger partial charge in [-0.2, -0.15) is 0 Å². The Labute approximate surface area is 199 Å². The highest BCUT2D eigenvalue weighted by molar-refractivity contribution is 7.92. The summed E-state index contributed by atoms with van der Waals surface area (Å²) in [4.78, 5) is 17.9. The predicted octanol–water partition coefficient (Wildman–Crippen LogP) is 3.36. The number of rotatable bonds is 11. The van der Waals surface area contributed by atoms with Crippen molar-refractivity contribution in [2.75, 3.05) is 54.4 Å². The van der Waals surface area contributed by atoms with Crippen LogP contribution in [0.15, 0.2) is 53.4 Å². The fourth-order valence-corrected chi connectivity index (χ4v) is 5.30. The fraction of sp³-hybridized carbons (Fsp3) is 0.458. The van der Waals surface area contributed by atoms with Gasteiger partial charge in [-0.3, -0.25) is 18.6 Å². The number of ketones is 1. The molecule has 9 heteroatoms. The van der Waals surface area contributed by atoms with Crippen LogP contribution >= 0.6 is 0 Å². The first-order valence-electron chi connectivity index (χ1n) is 11.3. The van der Waals surface area contributed by atoms with Crippen molar-refractivity contribution in [2.24, 2.45) is 0 Å². The van der Waals surface area contributed by atoms with E-state index in [4.69, 9.17) is 0 Å². The number of sulfonamides is 1. The van der Waals surface area contributed by atoms with Crippen LogP contribution in [-0.2, 0) is 20.8 Å². The van der Waals surface area contributed by atoms with Crippen molar-refractivity contribution in [2.45, 2.75) is 31.1 Å². The summed E-state index contributed by atoms with van der Waals surface area (Å²) in [5.41, 5.74) is 1.93. The zero-order chi connectivity index (χ0) is 23.8. The number of anilines is 2. The standard InChI is InChI=1S/C24H33N3O4S2/c1-3-33(30,31)25-22-19-20(12-13-24(22)32(2)29)23(28)11-7-8-14-26-15-17-27(18-16-26)21-9-5-4-6-10-21/h4-6,9-10,12-13,19,25H,3,7-8,11,14-18H2,1-2H3. The van der Waals surface area contributed by atoms with E-state index in [0.717, 1.165) is 45.6 Å².